The van der Waals surface area contributed by atoms with Gasteiger partial charge in [-0.2, -0.15) is 5.26 Å². The lowest BCUT2D eigenvalue weighted by molar-refractivity contribution is -0.117. The Morgan fingerprint density at radius 2 is 2.29 bits per heavy atom. The topological polar surface area (TPSA) is 52.9 Å². The number of rotatable bonds is 3. The van der Waals surface area contributed by atoms with E-state index in [0.717, 1.165) is 11.3 Å². The van der Waals surface area contributed by atoms with Gasteiger partial charge in [-0.05, 0) is 43.4 Å². The Balaban J connectivity index is 2.01. The predicted molar refractivity (Wildman–Crippen MR) is 66.5 cm³/mol. The van der Waals surface area contributed by atoms with Crippen molar-refractivity contribution in [1.82, 2.24) is 0 Å². The molecule has 1 aromatic rings. The van der Waals surface area contributed by atoms with E-state index in [0.29, 0.717) is 17.9 Å². The van der Waals surface area contributed by atoms with Crippen molar-refractivity contribution in [2.24, 2.45) is 5.92 Å². The normalized spacial score (nSPS) is 14.8. The van der Waals surface area contributed by atoms with E-state index in [-0.39, 0.29) is 5.91 Å². The van der Waals surface area contributed by atoms with Gasteiger partial charge >= 0.3 is 0 Å². The van der Waals surface area contributed by atoms with Crippen molar-refractivity contribution in [1.29, 1.82) is 5.26 Å². The summed E-state index contributed by atoms with van der Waals surface area (Å²) in [7, 11) is 0. The zero-order valence-electron chi connectivity index (χ0n) is 9.99. The van der Waals surface area contributed by atoms with E-state index < -0.39 is 0 Å². The molecule has 0 aromatic heterocycles. The van der Waals surface area contributed by atoms with Crippen molar-refractivity contribution in [3.8, 4) is 6.07 Å². The molecule has 1 aromatic carbocycles. The summed E-state index contributed by atoms with van der Waals surface area (Å²) in [6.07, 6.45) is 4.20. The van der Waals surface area contributed by atoms with E-state index in [4.69, 9.17) is 5.26 Å². The lowest BCUT2D eigenvalue weighted by Gasteiger charge is -2.24. The number of nitrogens with zero attached hydrogens (tertiary/aromatic N) is 1. The van der Waals surface area contributed by atoms with Crippen molar-refractivity contribution < 1.29 is 4.79 Å². The third kappa shape index (κ3) is 2.85. The molecule has 3 nitrogen and oxygen atoms in total. The lowest BCUT2D eigenvalue weighted by Crippen LogP contribution is -2.21. The first-order valence-corrected chi connectivity index (χ1v) is 5.99. The Bertz CT molecular complexity index is 470. The Hall–Kier alpha value is -1.82. The Labute approximate surface area is 101 Å². The summed E-state index contributed by atoms with van der Waals surface area (Å²) in [4.78, 5) is 11.8. The number of carbonyl (C=O) groups excluding carboxylic acids is 1. The van der Waals surface area contributed by atoms with Gasteiger partial charge in [0.15, 0.2) is 0 Å². The van der Waals surface area contributed by atoms with Gasteiger partial charge in [-0.1, -0.05) is 12.5 Å². The number of aryl methyl sites for hydroxylation is 1. The Morgan fingerprint density at radius 1 is 1.53 bits per heavy atom. The van der Waals surface area contributed by atoms with Gasteiger partial charge in [-0.15, -0.1) is 0 Å². The van der Waals surface area contributed by atoms with Crippen LogP contribution < -0.4 is 5.32 Å². The average molecular weight is 228 g/mol. The quantitative estimate of drug-likeness (QED) is 0.864. The molecule has 88 valence electrons. The van der Waals surface area contributed by atoms with Crippen LogP contribution in [0.4, 0.5) is 5.69 Å². The summed E-state index contributed by atoms with van der Waals surface area (Å²) in [5.74, 6) is 0.627. The first kappa shape index (κ1) is 11.7. The summed E-state index contributed by atoms with van der Waals surface area (Å²) < 4.78 is 0. The van der Waals surface area contributed by atoms with E-state index >= 15 is 0 Å². The summed E-state index contributed by atoms with van der Waals surface area (Å²) >= 11 is 0. The van der Waals surface area contributed by atoms with Crippen LogP contribution >= 0.6 is 0 Å². The maximum Gasteiger partial charge on any atom is 0.224 e. The second-order valence-electron chi connectivity index (χ2n) is 4.69. The van der Waals surface area contributed by atoms with Gasteiger partial charge in [0.1, 0.15) is 0 Å². The molecule has 1 aliphatic carbocycles. The highest BCUT2D eigenvalue weighted by molar-refractivity contribution is 5.91. The Morgan fingerprint density at radius 3 is 2.88 bits per heavy atom. The van der Waals surface area contributed by atoms with Crippen LogP contribution in [0, 0.1) is 24.2 Å². The van der Waals surface area contributed by atoms with Gasteiger partial charge in [0.25, 0.3) is 0 Å². The van der Waals surface area contributed by atoms with Crippen LogP contribution in [-0.2, 0) is 4.79 Å². The molecule has 1 N–H and O–H groups in total. The third-order valence-corrected chi connectivity index (χ3v) is 3.34. The van der Waals surface area contributed by atoms with E-state index in [9.17, 15) is 4.79 Å². The minimum atomic E-state index is 0.0629. The fraction of sp³-hybridized carbons (Fsp3) is 0.429. The molecule has 0 atom stereocenters. The molecule has 1 aliphatic rings. The van der Waals surface area contributed by atoms with Crippen LogP contribution in [0.2, 0.25) is 0 Å². The van der Waals surface area contributed by atoms with Gasteiger partial charge in [0.05, 0.1) is 11.6 Å². The number of hydrogen-bond acceptors (Lipinski definition) is 2. The van der Waals surface area contributed by atoms with Crippen LogP contribution in [-0.4, -0.2) is 5.91 Å². The Kier molecular flexibility index (Phi) is 3.43. The molecule has 0 saturated heterocycles. The summed E-state index contributed by atoms with van der Waals surface area (Å²) in [5, 5.41) is 11.7. The number of benzene rings is 1. The van der Waals surface area contributed by atoms with Crippen molar-refractivity contribution in [3.63, 3.8) is 0 Å². The first-order chi connectivity index (χ1) is 8.19. The van der Waals surface area contributed by atoms with Crippen LogP contribution in [0.15, 0.2) is 18.2 Å². The van der Waals surface area contributed by atoms with E-state index in [1.165, 1.54) is 19.3 Å². The molecule has 0 heterocycles. The SMILES string of the molecule is Cc1ccc(C#N)cc1NC(=O)CC1CCC1. The minimum absolute atomic E-state index is 0.0629. The van der Waals surface area contributed by atoms with Gasteiger partial charge in [-0.25, -0.2) is 0 Å². The maximum absolute atomic E-state index is 11.8. The fourth-order valence-corrected chi connectivity index (χ4v) is 1.99. The molecule has 0 aliphatic heterocycles. The molecule has 1 fully saturated rings. The van der Waals surface area contributed by atoms with Crippen LogP contribution in [0.25, 0.3) is 0 Å². The molecule has 17 heavy (non-hydrogen) atoms. The monoisotopic (exact) mass is 228 g/mol. The highest BCUT2D eigenvalue weighted by Crippen LogP contribution is 2.29. The molecule has 0 radical (unpaired) electrons. The number of nitriles is 1. The van der Waals surface area contributed by atoms with Crippen LogP contribution in [0.1, 0.15) is 36.8 Å². The van der Waals surface area contributed by atoms with E-state index in [1.54, 1.807) is 12.1 Å². The van der Waals surface area contributed by atoms with Crippen molar-refractivity contribution >= 4 is 11.6 Å². The van der Waals surface area contributed by atoms with Gasteiger partial charge in [0, 0.05) is 12.1 Å². The number of anilines is 1. The molecule has 0 bridgehead atoms. The van der Waals surface area contributed by atoms with Crippen molar-refractivity contribution in [2.45, 2.75) is 32.6 Å². The smallest absolute Gasteiger partial charge is 0.224 e. The average Bonchev–Trinajstić information content (AvgIpc) is 2.27. The lowest BCUT2D eigenvalue weighted by atomic mass is 9.83. The fourth-order valence-electron chi connectivity index (χ4n) is 1.99. The zero-order chi connectivity index (χ0) is 12.3. The standard InChI is InChI=1S/C14H16N2O/c1-10-5-6-12(9-15)7-13(10)16-14(17)8-11-3-2-4-11/h5-7,11H,2-4,8H2,1H3,(H,16,17). The molecule has 0 spiro atoms. The third-order valence-electron chi connectivity index (χ3n) is 3.34. The predicted octanol–water partition coefficient (Wildman–Crippen LogP) is 3.00. The number of amides is 1. The number of carbonyl (C=O) groups is 1. The van der Waals surface area contributed by atoms with Gasteiger partial charge < -0.3 is 5.32 Å². The second-order valence-corrected chi connectivity index (χ2v) is 4.69. The minimum Gasteiger partial charge on any atom is -0.326 e. The molecule has 0 unspecified atom stereocenters. The van der Waals surface area contributed by atoms with E-state index in [2.05, 4.69) is 11.4 Å². The second kappa shape index (κ2) is 5.01. The molecule has 2 rings (SSSR count). The van der Waals surface area contributed by atoms with Crippen molar-refractivity contribution in [3.05, 3.63) is 29.3 Å². The van der Waals surface area contributed by atoms with Gasteiger partial charge in [-0.3, -0.25) is 4.79 Å². The van der Waals surface area contributed by atoms with E-state index in [1.807, 2.05) is 13.0 Å². The number of nitrogens with one attached hydrogen (secondary N) is 1. The first-order valence-electron chi connectivity index (χ1n) is 5.99. The molecule has 1 saturated carbocycles. The summed E-state index contributed by atoms with van der Waals surface area (Å²) in [5.41, 5.74) is 2.33. The molecule has 3 heteroatoms. The van der Waals surface area contributed by atoms with Crippen LogP contribution in [0.3, 0.4) is 0 Å². The zero-order valence-corrected chi connectivity index (χ0v) is 9.99. The summed E-state index contributed by atoms with van der Waals surface area (Å²) in [6, 6.07) is 7.43. The highest BCUT2D eigenvalue weighted by Gasteiger charge is 2.20. The molecule has 1 amide bonds. The van der Waals surface area contributed by atoms with Crippen molar-refractivity contribution in [2.75, 3.05) is 5.32 Å². The summed E-state index contributed by atoms with van der Waals surface area (Å²) in [6.45, 7) is 1.93. The molecular weight excluding hydrogens is 212 g/mol. The molecular formula is C14H16N2O. The highest BCUT2D eigenvalue weighted by atomic mass is 16.1. The number of hydrogen-bond donors (Lipinski definition) is 1. The maximum atomic E-state index is 11.8. The van der Waals surface area contributed by atoms with Crippen LogP contribution in [0.5, 0.6) is 0 Å². The largest absolute Gasteiger partial charge is 0.326 e. The van der Waals surface area contributed by atoms with Gasteiger partial charge in [0.2, 0.25) is 5.91 Å².